The Labute approximate surface area is 225 Å². The van der Waals surface area contributed by atoms with E-state index in [0.717, 1.165) is 39.2 Å². The van der Waals surface area contributed by atoms with E-state index in [-0.39, 0.29) is 0 Å². The largest absolute Gasteiger partial charge is 0.283 e. The van der Waals surface area contributed by atoms with Gasteiger partial charge in [0.15, 0.2) is 17.5 Å². The molecule has 39 heavy (non-hydrogen) atoms. The molecular weight excluding hydrogens is 480 g/mol. The summed E-state index contributed by atoms with van der Waals surface area (Å²) in [7, 11) is 0. The van der Waals surface area contributed by atoms with Crippen LogP contribution in [0.2, 0.25) is 0 Å². The van der Waals surface area contributed by atoms with Crippen molar-refractivity contribution in [1.82, 2.24) is 29.3 Å². The van der Waals surface area contributed by atoms with Gasteiger partial charge in [0.2, 0.25) is 5.78 Å². The maximum atomic E-state index is 4.88. The summed E-state index contributed by atoms with van der Waals surface area (Å²) in [6.45, 7) is 0. The highest BCUT2D eigenvalue weighted by Gasteiger charge is 2.17. The van der Waals surface area contributed by atoms with E-state index in [1.807, 2.05) is 108 Å². The second-order valence-corrected chi connectivity index (χ2v) is 9.08. The zero-order chi connectivity index (χ0) is 26.0. The molecule has 6 heteroatoms. The summed E-state index contributed by atoms with van der Waals surface area (Å²) < 4.78 is 2.03. The van der Waals surface area contributed by atoms with Crippen molar-refractivity contribution < 1.29 is 0 Å². The third-order valence-corrected chi connectivity index (χ3v) is 6.57. The summed E-state index contributed by atoms with van der Waals surface area (Å²) in [4.78, 5) is 23.9. The van der Waals surface area contributed by atoms with Gasteiger partial charge in [-0.2, -0.15) is 0 Å². The predicted octanol–water partition coefficient (Wildman–Crippen LogP) is 7.25. The van der Waals surface area contributed by atoms with Gasteiger partial charge in [-0.15, -0.1) is 0 Å². The average molecular weight is 503 g/mol. The maximum Gasteiger partial charge on any atom is 0.234 e. The van der Waals surface area contributed by atoms with E-state index in [2.05, 4.69) is 29.2 Å². The Morgan fingerprint density at radius 2 is 0.872 bits per heavy atom. The van der Waals surface area contributed by atoms with Crippen LogP contribution >= 0.6 is 0 Å². The van der Waals surface area contributed by atoms with Crippen molar-refractivity contribution >= 4 is 5.78 Å². The van der Waals surface area contributed by atoms with Crippen molar-refractivity contribution in [3.8, 4) is 56.7 Å². The molecule has 0 fully saturated rings. The summed E-state index contributed by atoms with van der Waals surface area (Å²) in [5.41, 5.74) is 6.73. The van der Waals surface area contributed by atoms with Gasteiger partial charge in [0.1, 0.15) is 0 Å². The molecule has 0 aliphatic carbocycles. The van der Waals surface area contributed by atoms with Crippen LogP contribution in [0.4, 0.5) is 0 Å². The Kier molecular flexibility index (Phi) is 5.68. The number of hydrogen-bond acceptors (Lipinski definition) is 5. The number of hydrogen-bond donors (Lipinski definition) is 0. The van der Waals surface area contributed by atoms with Crippen LogP contribution in [-0.4, -0.2) is 29.3 Å². The molecule has 0 atom stereocenters. The van der Waals surface area contributed by atoms with Crippen LogP contribution in [0.5, 0.6) is 0 Å². The van der Waals surface area contributed by atoms with Crippen molar-refractivity contribution in [2.75, 3.05) is 0 Å². The third-order valence-electron chi connectivity index (χ3n) is 6.57. The lowest BCUT2D eigenvalue weighted by Gasteiger charge is -2.09. The average Bonchev–Trinajstić information content (AvgIpc) is 3.42. The standard InChI is InChI=1S/C33H22N6/c1-4-11-24(12-5-1)29-28(35-33-34-21-10-22-39(29)33)23-17-19-27(20-18-23)32-37-30(25-13-6-2-7-14-25)36-31(38-32)26-15-8-3-9-16-26/h1-22H. The monoisotopic (exact) mass is 502 g/mol. The lowest BCUT2D eigenvalue weighted by Crippen LogP contribution is -2.00. The molecule has 7 rings (SSSR count). The molecule has 0 aliphatic heterocycles. The number of fused-ring (bicyclic) bond motifs is 1. The van der Waals surface area contributed by atoms with Gasteiger partial charge in [-0.25, -0.2) is 24.9 Å². The Hall–Kier alpha value is -5.49. The molecule has 4 aromatic carbocycles. The molecule has 3 heterocycles. The molecule has 0 saturated heterocycles. The van der Waals surface area contributed by atoms with E-state index in [9.17, 15) is 0 Å². The van der Waals surface area contributed by atoms with E-state index in [4.69, 9.17) is 19.9 Å². The topological polar surface area (TPSA) is 68.9 Å². The Balaban J connectivity index is 1.34. The fourth-order valence-corrected chi connectivity index (χ4v) is 4.68. The number of benzene rings is 4. The first-order chi connectivity index (χ1) is 19.3. The van der Waals surface area contributed by atoms with E-state index < -0.39 is 0 Å². The normalized spacial score (nSPS) is 11.1. The van der Waals surface area contributed by atoms with Gasteiger partial charge < -0.3 is 0 Å². The van der Waals surface area contributed by atoms with Gasteiger partial charge in [-0.3, -0.25) is 4.40 Å². The van der Waals surface area contributed by atoms with Crippen molar-refractivity contribution in [1.29, 1.82) is 0 Å². The molecular formula is C33H22N6. The molecule has 3 aromatic heterocycles. The van der Waals surface area contributed by atoms with Crippen LogP contribution in [0.3, 0.4) is 0 Å². The minimum Gasteiger partial charge on any atom is -0.283 e. The summed E-state index contributed by atoms with van der Waals surface area (Å²) in [6.07, 6.45) is 3.76. The maximum absolute atomic E-state index is 4.88. The third kappa shape index (κ3) is 4.34. The minimum atomic E-state index is 0.620. The summed E-state index contributed by atoms with van der Waals surface area (Å²) in [5, 5.41) is 0. The fraction of sp³-hybridized carbons (Fsp3) is 0. The first kappa shape index (κ1) is 22.7. The van der Waals surface area contributed by atoms with Crippen molar-refractivity contribution in [2.45, 2.75) is 0 Å². The molecule has 0 unspecified atom stereocenters. The number of nitrogens with zero attached hydrogens (tertiary/aromatic N) is 6. The first-order valence-corrected chi connectivity index (χ1v) is 12.7. The van der Waals surface area contributed by atoms with E-state index >= 15 is 0 Å². The number of imidazole rings is 1. The molecule has 0 aliphatic rings. The highest BCUT2D eigenvalue weighted by molar-refractivity contribution is 5.82. The second-order valence-electron chi connectivity index (χ2n) is 9.08. The van der Waals surface area contributed by atoms with Crippen LogP contribution < -0.4 is 0 Å². The Morgan fingerprint density at radius 1 is 0.410 bits per heavy atom. The molecule has 0 radical (unpaired) electrons. The van der Waals surface area contributed by atoms with Gasteiger partial charge in [0.05, 0.1) is 11.4 Å². The SMILES string of the molecule is c1ccc(-c2nc(-c3ccccc3)nc(-c3ccc(-c4nc5ncccn5c4-c4ccccc4)cc3)n2)cc1. The van der Waals surface area contributed by atoms with Crippen molar-refractivity contribution in [3.05, 3.63) is 134 Å². The van der Waals surface area contributed by atoms with Gasteiger partial charge in [0, 0.05) is 40.2 Å². The highest BCUT2D eigenvalue weighted by Crippen LogP contribution is 2.33. The van der Waals surface area contributed by atoms with Gasteiger partial charge in [0.25, 0.3) is 0 Å². The smallest absolute Gasteiger partial charge is 0.234 e. The van der Waals surface area contributed by atoms with Crippen LogP contribution in [0.25, 0.3) is 62.5 Å². The molecule has 6 nitrogen and oxygen atoms in total. The van der Waals surface area contributed by atoms with Gasteiger partial charge in [-0.05, 0) is 6.07 Å². The molecule has 0 bridgehead atoms. The first-order valence-electron chi connectivity index (χ1n) is 12.7. The highest BCUT2D eigenvalue weighted by atomic mass is 15.1. The zero-order valence-corrected chi connectivity index (χ0v) is 20.9. The van der Waals surface area contributed by atoms with Crippen molar-refractivity contribution in [3.63, 3.8) is 0 Å². The second kappa shape index (κ2) is 9.76. The van der Waals surface area contributed by atoms with Crippen LogP contribution in [0.15, 0.2) is 134 Å². The fourth-order valence-electron chi connectivity index (χ4n) is 4.68. The molecule has 0 saturated carbocycles. The van der Waals surface area contributed by atoms with Gasteiger partial charge >= 0.3 is 0 Å². The zero-order valence-electron chi connectivity index (χ0n) is 20.9. The minimum absolute atomic E-state index is 0.620. The molecule has 0 N–H and O–H groups in total. The lowest BCUT2D eigenvalue weighted by molar-refractivity contribution is 1.07. The van der Waals surface area contributed by atoms with Crippen LogP contribution in [-0.2, 0) is 0 Å². The molecule has 7 aromatic rings. The summed E-state index contributed by atoms with van der Waals surface area (Å²) in [5.74, 6) is 2.56. The predicted molar refractivity (Wildman–Crippen MR) is 154 cm³/mol. The summed E-state index contributed by atoms with van der Waals surface area (Å²) >= 11 is 0. The lowest BCUT2D eigenvalue weighted by atomic mass is 10.0. The summed E-state index contributed by atoms with van der Waals surface area (Å²) in [6, 6.07) is 40.4. The molecule has 0 amide bonds. The number of rotatable bonds is 5. The van der Waals surface area contributed by atoms with E-state index in [0.29, 0.717) is 23.3 Å². The van der Waals surface area contributed by atoms with E-state index in [1.54, 1.807) is 6.20 Å². The Bertz CT molecular complexity index is 1820. The van der Waals surface area contributed by atoms with Gasteiger partial charge in [-0.1, -0.05) is 115 Å². The Morgan fingerprint density at radius 3 is 1.41 bits per heavy atom. The van der Waals surface area contributed by atoms with Crippen molar-refractivity contribution in [2.24, 2.45) is 0 Å². The number of aromatic nitrogens is 6. The van der Waals surface area contributed by atoms with Crippen LogP contribution in [0, 0.1) is 0 Å². The molecule has 184 valence electrons. The quantitative estimate of drug-likeness (QED) is 0.248. The van der Waals surface area contributed by atoms with E-state index in [1.165, 1.54) is 0 Å². The molecule has 0 spiro atoms. The van der Waals surface area contributed by atoms with Crippen LogP contribution in [0.1, 0.15) is 0 Å².